The second kappa shape index (κ2) is 6.46. The summed E-state index contributed by atoms with van der Waals surface area (Å²) < 4.78 is 11.4. The van der Waals surface area contributed by atoms with Crippen molar-refractivity contribution in [3.05, 3.63) is 0 Å². The van der Waals surface area contributed by atoms with Gasteiger partial charge in [-0.3, -0.25) is 0 Å². The lowest BCUT2D eigenvalue weighted by molar-refractivity contribution is -0.0795. The molecule has 0 aromatic rings. The van der Waals surface area contributed by atoms with Gasteiger partial charge >= 0.3 is 0 Å². The molecule has 0 radical (unpaired) electrons. The average molecular weight is 216 g/mol. The monoisotopic (exact) mass is 216 g/mol. The van der Waals surface area contributed by atoms with Crippen LogP contribution in [0.3, 0.4) is 0 Å². The third-order valence-electron chi connectivity index (χ3n) is 2.59. The van der Waals surface area contributed by atoms with Gasteiger partial charge < -0.3 is 14.6 Å². The zero-order chi connectivity index (χ0) is 11.3. The van der Waals surface area contributed by atoms with Crippen molar-refractivity contribution in [3.63, 3.8) is 0 Å². The second-order valence-electron chi connectivity index (χ2n) is 4.92. The smallest absolute Gasteiger partial charge is 0.0838 e. The van der Waals surface area contributed by atoms with Crippen LogP contribution in [0.5, 0.6) is 0 Å². The Morgan fingerprint density at radius 3 is 2.07 bits per heavy atom. The minimum Gasteiger partial charge on any atom is -0.391 e. The highest BCUT2D eigenvalue weighted by molar-refractivity contribution is 4.79. The summed E-state index contributed by atoms with van der Waals surface area (Å²) in [4.78, 5) is 0. The first-order valence-corrected chi connectivity index (χ1v) is 6.01. The van der Waals surface area contributed by atoms with Gasteiger partial charge in [-0.05, 0) is 32.1 Å². The lowest BCUT2D eigenvalue weighted by Gasteiger charge is -2.22. The van der Waals surface area contributed by atoms with Gasteiger partial charge in [-0.1, -0.05) is 13.8 Å². The normalized spacial score (nSPS) is 28.6. The molecule has 1 fully saturated rings. The van der Waals surface area contributed by atoms with Crippen molar-refractivity contribution in [1.82, 2.24) is 0 Å². The quantitative estimate of drug-likeness (QED) is 0.738. The molecule has 0 aromatic heterocycles. The molecule has 3 nitrogen and oxygen atoms in total. The second-order valence-corrected chi connectivity index (χ2v) is 4.92. The van der Waals surface area contributed by atoms with Crippen molar-refractivity contribution < 1.29 is 14.6 Å². The van der Waals surface area contributed by atoms with Crippen LogP contribution in [-0.2, 0) is 9.47 Å². The first-order chi connectivity index (χ1) is 7.09. The molecule has 0 aliphatic heterocycles. The molecular formula is C12H24O3. The highest BCUT2D eigenvalue weighted by Crippen LogP contribution is 2.25. The van der Waals surface area contributed by atoms with E-state index in [2.05, 4.69) is 13.8 Å². The van der Waals surface area contributed by atoms with Crippen LogP contribution < -0.4 is 0 Å². The van der Waals surface area contributed by atoms with Gasteiger partial charge in [0.15, 0.2) is 0 Å². The Labute approximate surface area is 92.8 Å². The number of aliphatic hydroxyl groups is 1. The number of hydrogen-bond donors (Lipinski definition) is 1. The van der Waals surface area contributed by atoms with Crippen molar-refractivity contribution in [1.29, 1.82) is 0 Å². The predicted octanol–water partition coefficient (Wildman–Crippen LogP) is 1.98. The Balaban J connectivity index is 2.23. The fourth-order valence-corrected chi connectivity index (χ4v) is 1.85. The molecule has 0 amide bonds. The van der Waals surface area contributed by atoms with Crippen LogP contribution in [0.15, 0.2) is 0 Å². The van der Waals surface area contributed by atoms with E-state index in [9.17, 15) is 0 Å². The number of hydrogen-bond acceptors (Lipinski definition) is 3. The lowest BCUT2D eigenvalue weighted by atomic mass is 10.2. The van der Waals surface area contributed by atoms with Gasteiger partial charge in [0.05, 0.1) is 24.9 Å². The van der Waals surface area contributed by atoms with Gasteiger partial charge in [-0.15, -0.1) is 0 Å². The van der Waals surface area contributed by atoms with E-state index in [0.717, 1.165) is 19.4 Å². The van der Waals surface area contributed by atoms with Crippen molar-refractivity contribution in [2.45, 2.75) is 58.3 Å². The van der Waals surface area contributed by atoms with Crippen molar-refractivity contribution in [2.75, 3.05) is 13.2 Å². The molecule has 0 aromatic carbocycles. The highest BCUT2D eigenvalue weighted by Gasteiger charge is 2.29. The van der Waals surface area contributed by atoms with Crippen LogP contribution in [0.2, 0.25) is 0 Å². The molecule has 1 N–H and O–H groups in total. The van der Waals surface area contributed by atoms with E-state index in [-0.39, 0.29) is 18.3 Å². The highest BCUT2D eigenvalue weighted by atomic mass is 16.5. The van der Waals surface area contributed by atoms with Crippen LogP contribution >= 0.6 is 0 Å². The van der Waals surface area contributed by atoms with Crippen LogP contribution in [0.1, 0.15) is 40.0 Å². The number of ether oxygens (including phenoxy) is 2. The lowest BCUT2D eigenvalue weighted by Crippen LogP contribution is -2.29. The van der Waals surface area contributed by atoms with Gasteiger partial charge in [0, 0.05) is 6.61 Å². The maximum Gasteiger partial charge on any atom is 0.0838 e. The molecule has 1 saturated carbocycles. The molecule has 3 atom stereocenters. The maximum absolute atomic E-state index is 9.15. The fourth-order valence-electron chi connectivity index (χ4n) is 1.85. The third kappa shape index (κ3) is 4.96. The van der Waals surface area contributed by atoms with Crippen LogP contribution in [0.25, 0.3) is 0 Å². The SMILES string of the molecule is CC(C)COC1CCCC1OCC(C)O. The Bertz CT molecular complexity index is 150. The summed E-state index contributed by atoms with van der Waals surface area (Å²) in [5.41, 5.74) is 0. The first kappa shape index (κ1) is 12.9. The molecule has 0 saturated heterocycles. The Kier molecular flexibility index (Phi) is 5.58. The van der Waals surface area contributed by atoms with E-state index in [1.54, 1.807) is 6.92 Å². The molecule has 1 aliphatic carbocycles. The molecule has 3 heteroatoms. The zero-order valence-corrected chi connectivity index (χ0v) is 10.1. The summed E-state index contributed by atoms with van der Waals surface area (Å²) in [6, 6.07) is 0. The molecular weight excluding hydrogens is 192 g/mol. The Morgan fingerprint density at radius 2 is 1.60 bits per heavy atom. The molecule has 3 unspecified atom stereocenters. The van der Waals surface area contributed by atoms with Gasteiger partial charge in [0.25, 0.3) is 0 Å². The molecule has 15 heavy (non-hydrogen) atoms. The number of aliphatic hydroxyl groups excluding tert-OH is 1. The van der Waals surface area contributed by atoms with E-state index in [0.29, 0.717) is 12.5 Å². The number of rotatable bonds is 6. The summed E-state index contributed by atoms with van der Waals surface area (Å²) >= 11 is 0. The largest absolute Gasteiger partial charge is 0.391 e. The van der Waals surface area contributed by atoms with Crippen LogP contribution in [-0.4, -0.2) is 36.6 Å². The van der Waals surface area contributed by atoms with Crippen LogP contribution in [0.4, 0.5) is 0 Å². The van der Waals surface area contributed by atoms with E-state index in [1.165, 1.54) is 6.42 Å². The minimum atomic E-state index is -0.378. The summed E-state index contributed by atoms with van der Waals surface area (Å²) in [5.74, 6) is 0.572. The fraction of sp³-hybridized carbons (Fsp3) is 1.00. The van der Waals surface area contributed by atoms with Gasteiger partial charge in [-0.2, -0.15) is 0 Å². The van der Waals surface area contributed by atoms with Gasteiger partial charge in [0.1, 0.15) is 0 Å². The molecule has 1 rings (SSSR count). The van der Waals surface area contributed by atoms with Crippen molar-refractivity contribution in [3.8, 4) is 0 Å². The predicted molar refractivity (Wildman–Crippen MR) is 59.8 cm³/mol. The van der Waals surface area contributed by atoms with Gasteiger partial charge in [0.2, 0.25) is 0 Å². The topological polar surface area (TPSA) is 38.7 Å². The van der Waals surface area contributed by atoms with E-state index in [1.807, 2.05) is 0 Å². The minimum absolute atomic E-state index is 0.193. The molecule has 0 spiro atoms. The van der Waals surface area contributed by atoms with E-state index >= 15 is 0 Å². The molecule has 90 valence electrons. The Hall–Kier alpha value is -0.120. The first-order valence-electron chi connectivity index (χ1n) is 6.01. The summed E-state index contributed by atoms with van der Waals surface area (Å²) in [5, 5.41) is 9.15. The molecule has 0 bridgehead atoms. The summed E-state index contributed by atoms with van der Waals surface area (Å²) in [6.45, 7) is 7.28. The summed E-state index contributed by atoms with van der Waals surface area (Å²) in [6.07, 6.45) is 3.39. The third-order valence-corrected chi connectivity index (χ3v) is 2.59. The summed E-state index contributed by atoms with van der Waals surface area (Å²) in [7, 11) is 0. The molecule has 1 aliphatic rings. The van der Waals surface area contributed by atoms with Gasteiger partial charge in [-0.25, -0.2) is 0 Å². The Morgan fingerprint density at radius 1 is 1.07 bits per heavy atom. The van der Waals surface area contributed by atoms with Crippen LogP contribution in [0, 0.1) is 5.92 Å². The van der Waals surface area contributed by atoms with E-state index < -0.39 is 0 Å². The maximum atomic E-state index is 9.15. The van der Waals surface area contributed by atoms with E-state index in [4.69, 9.17) is 14.6 Å². The van der Waals surface area contributed by atoms with Crippen molar-refractivity contribution >= 4 is 0 Å². The molecule has 0 heterocycles. The average Bonchev–Trinajstić information content (AvgIpc) is 2.58. The van der Waals surface area contributed by atoms with Crippen molar-refractivity contribution in [2.24, 2.45) is 5.92 Å². The standard InChI is InChI=1S/C12H24O3/c1-9(2)7-14-11-5-4-6-12(11)15-8-10(3)13/h9-13H,4-8H2,1-3H3. The zero-order valence-electron chi connectivity index (χ0n) is 10.1.